The van der Waals surface area contributed by atoms with E-state index in [-0.39, 0.29) is 12.1 Å². The number of rotatable bonds is 5. The number of nitrogens with zero attached hydrogens (tertiary/aromatic N) is 1. The van der Waals surface area contributed by atoms with E-state index in [0.29, 0.717) is 18.6 Å². The van der Waals surface area contributed by atoms with Crippen molar-refractivity contribution in [2.75, 3.05) is 33.4 Å². The van der Waals surface area contributed by atoms with Crippen LogP contribution in [0.4, 0.5) is 4.79 Å². The molecule has 2 aliphatic rings. The van der Waals surface area contributed by atoms with Crippen molar-refractivity contribution in [1.29, 1.82) is 0 Å². The SMILES string of the molecule is CO[C@@H](CNC(=O)N1CCC([C@H]2CCCO2)CC1)c1ccccc1. The molecule has 2 atom stereocenters. The fraction of sp³-hybridized carbons (Fsp3) is 0.632. The Hall–Kier alpha value is -1.59. The molecular formula is C19H28N2O3. The normalized spacial score (nSPS) is 23.2. The lowest BCUT2D eigenvalue weighted by molar-refractivity contribution is 0.0367. The number of urea groups is 1. The number of ether oxygens (including phenoxy) is 2. The molecule has 1 N–H and O–H groups in total. The van der Waals surface area contributed by atoms with Crippen LogP contribution < -0.4 is 5.32 Å². The van der Waals surface area contributed by atoms with Gasteiger partial charge in [0, 0.05) is 33.4 Å². The average Bonchev–Trinajstić information content (AvgIpc) is 3.18. The maximum absolute atomic E-state index is 12.4. The quantitative estimate of drug-likeness (QED) is 0.902. The van der Waals surface area contributed by atoms with Crippen molar-refractivity contribution < 1.29 is 14.3 Å². The lowest BCUT2D eigenvalue weighted by Gasteiger charge is -2.34. The van der Waals surface area contributed by atoms with Crippen LogP contribution >= 0.6 is 0 Å². The van der Waals surface area contributed by atoms with E-state index in [4.69, 9.17) is 9.47 Å². The van der Waals surface area contributed by atoms with Gasteiger partial charge in [0.15, 0.2) is 0 Å². The predicted molar refractivity (Wildman–Crippen MR) is 92.9 cm³/mol. The van der Waals surface area contributed by atoms with Gasteiger partial charge in [-0.25, -0.2) is 4.79 Å². The monoisotopic (exact) mass is 332 g/mol. The highest BCUT2D eigenvalue weighted by Gasteiger charge is 2.30. The number of nitrogens with one attached hydrogen (secondary N) is 1. The van der Waals surface area contributed by atoms with Gasteiger partial charge in [0.1, 0.15) is 0 Å². The molecule has 0 radical (unpaired) electrons. The van der Waals surface area contributed by atoms with E-state index in [2.05, 4.69) is 5.32 Å². The van der Waals surface area contributed by atoms with Gasteiger partial charge in [-0.3, -0.25) is 0 Å². The minimum Gasteiger partial charge on any atom is -0.378 e. The molecule has 2 amide bonds. The van der Waals surface area contributed by atoms with E-state index in [0.717, 1.165) is 38.1 Å². The highest BCUT2D eigenvalue weighted by atomic mass is 16.5. The zero-order chi connectivity index (χ0) is 16.8. The molecule has 0 spiro atoms. The first-order valence-corrected chi connectivity index (χ1v) is 9.00. The second-order valence-electron chi connectivity index (χ2n) is 6.70. The minimum atomic E-state index is -0.112. The van der Waals surface area contributed by atoms with Crippen molar-refractivity contribution in [3.05, 3.63) is 35.9 Å². The summed E-state index contributed by atoms with van der Waals surface area (Å²) < 4.78 is 11.3. The molecule has 2 aliphatic heterocycles. The molecule has 2 saturated heterocycles. The van der Waals surface area contributed by atoms with Crippen LogP contribution in [0.1, 0.15) is 37.4 Å². The Bertz CT molecular complexity index is 509. The van der Waals surface area contributed by atoms with E-state index < -0.39 is 0 Å². The van der Waals surface area contributed by atoms with Crippen LogP contribution in [0.25, 0.3) is 0 Å². The number of piperidine rings is 1. The molecule has 2 heterocycles. The summed E-state index contributed by atoms with van der Waals surface area (Å²) in [7, 11) is 1.68. The second kappa shape index (κ2) is 8.49. The van der Waals surface area contributed by atoms with E-state index in [1.165, 1.54) is 12.8 Å². The molecule has 2 fully saturated rings. The number of benzene rings is 1. The topological polar surface area (TPSA) is 50.8 Å². The Morgan fingerprint density at radius 1 is 1.29 bits per heavy atom. The summed E-state index contributed by atoms with van der Waals surface area (Å²) in [4.78, 5) is 14.3. The Labute approximate surface area is 144 Å². The maximum atomic E-state index is 12.4. The molecule has 5 heteroatoms. The van der Waals surface area contributed by atoms with Crippen molar-refractivity contribution in [3.8, 4) is 0 Å². The zero-order valence-electron chi connectivity index (χ0n) is 14.4. The zero-order valence-corrected chi connectivity index (χ0v) is 14.4. The van der Waals surface area contributed by atoms with Crippen molar-refractivity contribution in [3.63, 3.8) is 0 Å². The first kappa shape index (κ1) is 17.2. The van der Waals surface area contributed by atoms with Crippen LogP contribution in [0.5, 0.6) is 0 Å². The summed E-state index contributed by atoms with van der Waals surface area (Å²) >= 11 is 0. The Morgan fingerprint density at radius 2 is 2.04 bits per heavy atom. The van der Waals surface area contributed by atoms with Crippen molar-refractivity contribution in [1.82, 2.24) is 10.2 Å². The Morgan fingerprint density at radius 3 is 2.67 bits per heavy atom. The molecule has 132 valence electrons. The van der Waals surface area contributed by atoms with Gasteiger partial charge in [-0.1, -0.05) is 30.3 Å². The summed E-state index contributed by atoms with van der Waals surface area (Å²) in [6, 6.07) is 10.0. The van der Waals surface area contributed by atoms with Gasteiger partial charge in [-0.05, 0) is 37.2 Å². The maximum Gasteiger partial charge on any atom is 0.317 e. The second-order valence-corrected chi connectivity index (χ2v) is 6.70. The van der Waals surface area contributed by atoms with Crippen LogP contribution in [-0.4, -0.2) is 50.4 Å². The number of likely N-dealkylation sites (tertiary alicyclic amines) is 1. The number of methoxy groups -OCH3 is 1. The van der Waals surface area contributed by atoms with E-state index in [1.807, 2.05) is 35.2 Å². The number of hydrogen-bond donors (Lipinski definition) is 1. The van der Waals surface area contributed by atoms with Crippen molar-refractivity contribution in [2.24, 2.45) is 5.92 Å². The first-order chi connectivity index (χ1) is 11.8. The van der Waals surface area contributed by atoms with E-state index in [9.17, 15) is 4.79 Å². The molecule has 0 bridgehead atoms. The van der Waals surface area contributed by atoms with Gasteiger partial charge in [0.2, 0.25) is 0 Å². The number of amides is 2. The fourth-order valence-corrected chi connectivity index (χ4v) is 3.75. The summed E-state index contributed by atoms with van der Waals surface area (Å²) in [5.41, 5.74) is 1.08. The number of carbonyl (C=O) groups is 1. The summed E-state index contributed by atoms with van der Waals surface area (Å²) in [5, 5.41) is 3.02. The standard InChI is InChI=1S/C19H28N2O3/c1-23-18(15-6-3-2-4-7-15)14-20-19(22)21-11-9-16(10-12-21)17-8-5-13-24-17/h2-4,6-7,16-18H,5,8-14H2,1H3,(H,20,22)/t17-,18+/m1/s1. The number of hydrogen-bond acceptors (Lipinski definition) is 3. The highest BCUT2D eigenvalue weighted by Crippen LogP contribution is 2.28. The molecule has 0 aromatic heterocycles. The van der Waals surface area contributed by atoms with Gasteiger partial charge in [-0.2, -0.15) is 0 Å². The third kappa shape index (κ3) is 4.28. The Kier molecular flexibility index (Phi) is 6.10. The van der Waals surface area contributed by atoms with Gasteiger partial charge in [-0.15, -0.1) is 0 Å². The van der Waals surface area contributed by atoms with Crippen LogP contribution in [0, 0.1) is 5.92 Å². The summed E-state index contributed by atoms with van der Waals surface area (Å²) in [5.74, 6) is 0.618. The van der Waals surface area contributed by atoms with Gasteiger partial charge >= 0.3 is 6.03 Å². The third-order valence-corrected chi connectivity index (χ3v) is 5.21. The molecule has 0 unspecified atom stereocenters. The van der Waals surface area contributed by atoms with Gasteiger partial charge in [0.05, 0.1) is 12.2 Å². The summed E-state index contributed by atoms with van der Waals surface area (Å²) in [6.07, 6.45) is 4.77. The molecule has 1 aromatic carbocycles. The molecule has 0 saturated carbocycles. The molecule has 3 rings (SSSR count). The van der Waals surface area contributed by atoms with Crippen LogP contribution in [0.15, 0.2) is 30.3 Å². The lowest BCUT2D eigenvalue weighted by atomic mass is 9.90. The third-order valence-electron chi connectivity index (χ3n) is 5.21. The van der Waals surface area contributed by atoms with Gasteiger partial charge < -0.3 is 19.7 Å². The molecule has 0 aliphatic carbocycles. The minimum absolute atomic E-state index is 0.0128. The van der Waals surface area contributed by atoms with Crippen LogP contribution in [-0.2, 0) is 9.47 Å². The lowest BCUT2D eigenvalue weighted by Crippen LogP contribution is -2.46. The first-order valence-electron chi connectivity index (χ1n) is 9.00. The predicted octanol–water partition coefficient (Wildman–Crippen LogP) is 2.97. The van der Waals surface area contributed by atoms with E-state index in [1.54, 1.807) is 7.11 Å². The smallest absolute Gasteiger partial charge is 0.317 e. The summed E-state index contributed by atoms with van der Waals surface area (Å²) in [6.45, 7) is 3.03. The molecule has 24 heavy (non-hydrogen) atoms. The average molecular weight is 332 g/mol. The fourth-order valence-electron chi connectivity index (χ4n) is 3.75. The van der Waals surface area contributed by atoms with E-state index >= 15 is 0 Å². The molecule has 5 nitrogen and oxygen atoms in total. The molecular weight excluding hydrogens is 304 g/mol. The van der Waals surface area contributed by atoms with Crippen LogP contribution in [0.2, 0.25) is 0 Å². The largest absolute Gasteiger partial charge is 0.378 e. The molecule has 1 aromatic rings. The van der Waals surface area contributed by atoms with Crippen molar-refractivity contribution >= 4 is 6.03 Å². The van der Waals surface area contributed by atoms with Gasteiger partial charge in [0.25, 0.3) is 0 Å². The van der Waals surface area contributed by atoms with Crippen LogP contribution in [0.3, 0.4) is 0 Å². The Balaban J connectivity index is 1.44. The highest BCUT2D eigenvalue weighted by molar-refractivity contribution is 5.74. The number of carbonyl (C=O) groups excluding carboxylic acids is 1. The van der Waals surface area contributed by atoms with Crippen molar-refractivity contribution in [2.45, 2.75) is 37.9 Å².